The fourth-order valence-electron chi connectivity index (χ4n) is 2.13. The van der Waals surface area contributed by atoms with Crippen LogP contribution < -0.4 is 10.1 Å². The first-order valence-corrected chi connectivity index (χ1v) is 6.69. The molecule has 1 aromatic carbocycles. The predicted molar refractivity (Wildman–Crippen MR) is 71.6 cm³/mol. The van der Waals surface area contributed by atoms with Gasteiger partial charge < -0.3 is 10.1 Å². The zero-order chi connectivity index (χ0) is 13.0. The highest BCUT2D eigenvalue weighted by Crippen LogP contribution is 2.26. The van der Waals surface area contributed by atoms with Crippen molar-refractivity contribution in [2.45, 2.75) is 26.7 Å². The van der Waals surface area contributed by atoms with E-state index >= 15 is 0 Å². The molecule has 1 amide bonds. The number of nitrogens with one attached hydrogen (secondary N) is 1. The van der Waals surface area contributed by atoms with E-state index in [9.17, 15) is 4.79 Å². The van der Waals surface area contributed by atoms with Gasteiger partial charge in [0.1, 0.15) is 5.75 Å². The Bertz CT molecular complexity index is 417. The highest BCUT2D eigenvalue weighted by Gasteiger charge is 2.20. The third kappa shape index (κ3) is 3.03. The Labute approximate surface area is 109 Å². The lowest BCUT2D eigenvalue weighted by Gasteiger charge is -2.25. The Morgan fingerprint density at radius 1 is 1.50 bits per heavy atom. The minimum Gasteiger partial charge on any atom is -0.493 e. The average Bonchev–Trinajstić information content (AvgIpc) is 2.43. The second kappa shape index (κ2) is 5.89. The molecule has 0 fully saturated rings. The smallest absolute Gasteiger partial charge is 0.222 e. The van der Waals surface area contributed by atoms with E-state index in [1.807, 2.05) is 32.0 Å². The molecule has 2 rings (SSSR count). The minimum absolute atomic E-state index is 0.0989. The Kier molecular flexibility index (Phi) is 4.24. The lowest BCUT2D eigenvalue weighted by molar-refractivity contribution is -0.124. The van der Waals surface area contributed by atoms with Gasteiger partial charge in [-0.15, -0.1) is 0 Å². The molecule has 1 aliphatic rings. The first-order valence-electron chi connectivity index (χ1n) is 6.69. The van der Waals surface area contributed by atoms with Crippen LogP contribution in [0.2, 0.25) is 0 Å². The van der Waals surface area contributed by atoms with Gasteiger partial charge in [0.25, 0.3) is 0 Å². The van der Waals surface area contributed by atoms with Crippen molar-refractivity contribution in [1.82, 2.24) is 5.32 Å². The number of hydrogen-bond acceptors (Lipinski definition) is 2. The summed E-state index contributed by atoms with van der Waals surface area (Å²) >= 11 is 0. The molecule has 0 aromatic heterocycles. The highest BCUT2D eigenvalue weighted by atomic mass is 16.5. The van der Waals surface area contributed by atoms with E-state index in [0.29, 0.717) is 19.1 Å². The van der Waals surface area contributed by atoms with Gasteiger partial charge in [0.2, 0.25) is 5.91 Å². The Balaban J connectivity index is 1.85. The van der Waals surface area contributed by atoms with Gasteiger partial charge in [-0.1, -0.05) is 32.0 Å². The molecule has 0 spiro atoms. The number of hydrogen-bond donors (Lipinski definition) is 1. The van der Waals surface area contributed by atoms with Crippen molar-refractivity contribution in [3.63, 3.8) is 0 Å². The fraction of sp³-hybridized carbons (Fsp3) is 0.533. The number of amides is 1. The first-order chi connectivity index (χ1) is 8.70. The number of rotatable bonds is 4. The molecular weight excluding hydrogens is 226 g/mol. The summed E-state index contributed by atoms with van der Waals surface area (Å²) in [4.78, 5) is 11.7. The van der Waals surface area contributed by atoms with Gasteiger partial charge in [-0.05, 0) is 24.5 Å². The second-order valence-corrected chi connectivity index (χ2v) is 5.04. The molecule has 1 N–H and O–H groups in total. The monoisotopic (exact) mass is 247 g/mol. The molecule has 1 heterocycles. The van der Waals surface area contributed by atoms with Crippen molar-refractivity contribution in [2.24, 2.45) is 11.8 Å². The van der Waals surface area contributed by atoms with Crippen LogP contribution in [0.25, 0.3) is 0 Å². The molecule has 0 radical (unpaired) electrons. The largest absolute Gasteiger partial charge is 0.493 e. The van der Waals surface area contributed by atoms with Gasteiger partial charge in [0, 0.05) is 18.4 Å². The topological polar surface area (TPSA) is 38.3 Å². The van der Waals surface area contributed by atoms with Crippen molar-refractivity contribution in [2.75, 3.05) is 13.2 Å². The Hall–Kier alpha value is -1.51. The van der Waals surface area contributed by atoms with E-state index in [1.165, 1.54) is 5.56 Å². The van der Waals surface area contributed by atoms with E-state index in [2.05, 4.69) is 11.4 Å². The van der Waals surface area contributed by atoms with Crippen LogP contribution in [-0.2, 0) is 11.2 Å². The Morgan fingerprint density at radius 2 is 2.28 bits per heavy atom. The van der Waals surface area contributed by atoms with Gasteiger partial charge in [-0.25, -0.2) is 0 Å². The molecule has 0 aliphatic carbocycles. The zero-order valence-corrected chi connectivity index (χ0v) is 11.1. The summed E-state index contributed by atoms with van der Waals surface area (Å²) < 4.78 is 5.70. The van der Waals surface area contributed by atoms with Crippen molar-refractivity contribution in [3.8, 4) is 5.75 Å². The molecule has 0 bridgehead atoms. The van der Waals surface area contributed by atoms with Crippen molar-refractivity contribution >= 4 is 5.91 Å². The van der Waals surface area contributed by atoms with E-state index in [4.69, 9.17) is 4.74 Å². The second-order valence-electron chi connectivity index (χ2n) is 5.04. The number of para-hydroxylation sites is 1. The van der Waals surface area contributed by atoms with Crippen LogP contribution in [0.4, 0.5) is 0 Å². The summed E-state index contributed by atoms with van der Waals surface area (Å²) in [5.41, 5.74) is 1.24. The summed E-state index contributed by atoms with van der Waals surface area (Å²) in [5, 5.41) is 3.01. The van der Waals surface area contributed by atoms with Gasteiger partial charge in [0.05, 0.1) is 6.61 Å². The number of carbonyl (C=O) groups excluding carboxylic acids is 1. The summed E-state index contributed by atoms with van der Waals surface area (Å²) in [6.45, 7) is 5.39. The average molecular weight is 247 g/mol. The number of fused-ring (bicyclic) bond motifs is 1. The van der Waals surface area contributed by atoms with Gasteiger partial charge in [0.15, 0.2) is 0 Å². The number of carbonyl (C=O) groups is 1. The van der Waals surface area contributed by atoms with E-state index in [0.717, 1.165) is 18.6 Å². The van der Waals surface area contributed by atoms with Crippen molar-refractivity contribution < 1.29 is 9.53 Å². The molecule has 3 heteroatoms. The van der Waals surface area contributed by atoms with Crippen LogP contribution in [0.15, 0.2) is 24.3 Å². The number of benzene rings is 1. The molecule has 0 saturated heterocycles. The lowest BCUT2D eigenvalue weighted by Crippen LogP contribution is -2.37. The van der Waals surface area contributed by atoms with Gasteiger partial charge in [-0.3, -0.25) is 4.79 Å². The molecule has 2 atom stereocenters. The third-order valence-electron chi connectivity index (χ3n) is 3.58. The molecule has 18 heavy (non-hydrogen) atoms. The summed E-state index contributed by atoms with van der Waals surface area (Å²) in [6.07, 6.45) is 1.87. The number of ether oxygens (including phenoxy) is 1. The van der Waals surface area contributed by atoms with E-state index in [-0.39, 0.29) is 11.8 Å². The van der Waals surface area contributed by atoms with E-state index in [1.54, 1.807) is 0 Å². The highest BCUT2D eigenvalue weighted by molar-refractivity contribution is 5.78. The maximum Gasteiger partial charge on any atom is 0.222 e. The molecule has 0 saturated carbocycles. The maximum atomic E-state index is 11.7. The van der Waals surface area contributed by atoms with Crippen LogP contribution in [0, 0.1) is 11.8 Å². The Morgan fingerprint density at radius 3 is 3.06 bits per heavy atom. The predicted octanol–water partition coefficient (Wildman–Crippen LogP) is 2.40. The quantitative estimate of drug-likeness (QED) is 0.887. The molecule has 98 valence electrons. The summed E-state index contributed by atoms with van der Waals surface area (Å²) in [5.74, 6) is 1.62. The van der Waals surface area contributed by atoms with Crippen LogP contribution in [0.3, 0.4) is 0 Å². The third-order valence-corrected chi connectivity index (χ3v) is 3.58. The normalized spacial score (nSPS) is 19.6. The van der Waals surface area contributed by atoms with Crippen LogP contribution in [0.1, 0.15) is 25.8 Å². The molecule has 1 aliphatic heterocycles. The first kappa shape index (κ1) is 12.9. The maximum absolute atomic E-state index is 11.7. The molecule has 1 aromatic rings. The van der Waals surface area contributed by atoms with Crippen LogP contribution in [-0.4, -0.2) is 19.1 Å². The summed E-state index contributed by atoms with van der Waals surface area (Å²) in [6, 6.07) is 8.12. The minimum atomic E-state index is 0.0989. The molecule has 3 nitrogen and oxygen atoms in total. The fourth-order valence-corrected chi connectivity index (χ4v) is 2.13. The SMILES string of the molecule is CCC(C)C(=O)NCC1COc2ccccc2C1. The summed E-state index contributed by atoms with van der Waals surface area (Å²) in [7, 11) is 0. The van der Waals surface area contributed by atoms with Gasteiger partial charge in [-0.2, -0.15) is 0 Å². The van der Waals surface area contributed by atoms with Crippen LogP contribution >= 0.6 is 0 Å². The van der Waals surface area contributed by atoms with Gasteiger partial charge >= 0.3 is 0 Å². The lowest BCUT2D eigenvalue weighted by atomic mass is 9.96. The zero-order valence-electron chi connectivity index (χ0n) is 11.1. The molecule has 2 unspecified atom stereocenters. The standard InChI is InChI=1S/C15H21NO2/c1-3-11(2)15(17)16-9-12-8-13-6-4-5-7-14(13)18-10-12/h4-7,11-12H,3,8-10H2,1-2H3,(H,16,17). The molecular formula is C15H21NO2. The van der Waals surface area contributed by atoms with E-state index < -0.39 is 0 Å². The van der Waals surface area contributed by atoms with Crippen LogP contribution in [0.5, 0.6) is 5.75 Å². The van der Waals surface area contributed by atoms with Crippen molar-refractivity contribution in [1.29, 1.82) is 0 Å². The van der Waals surface area contributed by atoms with Crippen molar-refractivity contribution in [3.05, 3.63) is 29.8 Å².